The summed E-state index contributed by atoms with van der Waals surface area (Å²) >= 11 is 0. The van der Waals surface area contributed by atoms with Gasteiger partial charge >= 0.3 is 0 Å². The van der Waals surface area contributed by atoms with E-state index in [2.05, 4.69) is 19.8 Å². The number of terminal acetylenes is 1. The molecule has 0 aromatic carbocycles. The van der Waals surface area contributed by atoms with E-state index in [1.165, 1.54) is 0 Å². The van der Waals surface area contributed by atoms with E-state index in [0.29, 0.717) is 6.54 Å². The minimum absolute atomic E-state index is 0. The summed E-state index contributed by atoms with van der Waals surface area (Å²) in [7, 11) is 0. The molecule has 0 aromatic rings. The quantitative estimate of drug-likeness (QED) is 0.588. The van der Waals surface area contributed by atoms with E-state index >= 15 is 0 Å². The maximum atomic E-state index is 5.40. The van der Waals surface area contributed by atoms with Crippen molar-refractivity contribution in [3.63, 3.8) is 0 Å². The summed E-state index contributed by atoms with van der Waals surface area (Å²) in [6, 6.07) is 0. The molecule has 0 unspecified atom stereocenters. The zero-order chi connectivity index (χ0) is 6.62. The molecule has 0 saturated heterocycles. The van der Waals surface area contributed by atoms with Crippen molar-refractivity contribution in [2.24, 2.45) is 11.1 Å². The number of rotatable bonds is 2. The second-order valence-electron chi connectivity index (χ2n) is 2.75. The normalized spacial score (nSPS) is 9.56. The van der Waals surface area contributed by atoms with Crippen molar-refractivity contribution in [3.8, 4) is 12.3 Å². The largest absolute Gasteiger partial charge is 0.330 e. The molecule has 1 nitrogen and oxygen atoms in total. The molecule has 0 heterocycles. The third-order valence-electron chi connectivity index (χ3n) is 1.13. The van der Waals surface area contributed by atoms with Gasteiger partial charge in [-0.05, 0) is 12.0 Å². The van der Waals surface area contributed by atoms with E-state index in [1.54, 1.807) is 0 Å². The van der Waals surface area contributed by atoms with E-state index < -0.39 is 0 Å². The predicted molar refractivity (Wildman–Crippen MR) is 43.5 cm³/mol. The number of hydrogen-bond donors (Lipinski definition) is 1. The highest BCUT2D eigenvalue weighted by Crippen LogP contribution is 2.15. The van der Waals surface area contributed by atoms with Gasteiger partial charge in [0, 0.05) is 6.42 Å². The summed E-state index contributed by atoms with van der Waals surface area (Å²) in [5, 5.41) is 0. The van der Waals surface area contributed by atoms with Crippen LogP contribution in [0.15, 0.2) is 0 Å². The van der Waals surface area contributed by atoms with Crippen molar-refractivity contribution in [1.29, 1.82) is 0 Å². The van der Waals surface area contributed by atoms with Gasteiger partial charge in [-0.1, -0.05) is 13.8 Å². The average Bonchev–Trinajstić information content (AvgIpc) is 1.67. The van der Waals surface area contributed by atoms with Gasteiger partial charge in [-0.2, -0.15) is 0 Å². The van der Waals surface area contributed by atoms with Crippen LogP contribution in [0.2, 0.25) is 0 Å². The number of nitrogens with two attached hydrogens (primary N) is 1. The molecule has 0 radical (unpaired) electrons. The molecule has 0 aliphatic rings. The molecule has 0 amide bonds. The van der Waals surface area contributed by atoms with Crippen LogP contribution >= 0.6 is 12.4 Å². The van der Waals surface area contributed by atoms with Crippen LogP contribution in [-0.2, 0) is 0 Å². The van der Waals surface area contributed by atoms with Crippen molar-refractivity contribution < 1.29 is 0 Å². The summed E-state index contributed by atoms with van der Waals surface area (Å²) in [5.74, 6) is 2.58. The first-order valence-corrected chi connectivity index (χ1v) is 2.76. The minimum Gasteiger partial charge on any atom is -0.330 e. The molecule has 54 valence electrons. The fourth-order valence-electron chi connectivity index (χ4n) is 0.348. The zero-order valence-electron chi connectivity index (χ0n) is 5.98. The Kier molecular flexibility index (Phi) is 6.01. The molecule has 0 bridgehead atoms. The van der Waals surface area contributed by atoms with Crippen LogP contribution in [0.5, 0.6) is 0 Å². The molecule has 0 aliphatic heterocycles. The molecule has 0 spiro atoms. The van der Waals surface area contributed by atoms with Crippen molar-refractivity contribution in [3.05, 3.63) is 0 Å². The van der Waals surface area contributed by atoms with Crippen LogP contribution in [0.3, 0.4) is 0 Å². The van der Waals surface area contributed by atoms with Crippen molar-refractivity contribution in [2.45, 2.75) is 20.3 Å². The Morgan fingerprint density at radius 3 is 2.11 bits per heavy atom. The summed E-state index contributed by atoms with van der Waals surface area (Å²) in [5.41, 5.74) is 5.53. The molecule has 0 aromatic heterocycles. The smallest absolute Gasteiger partial charge is 0.0149 e. The van der Waals surface area contributed by atoms with Gasteiger partial charge in [0.1, 0.15) is 0 Å². The summed E-state index contributed by atoms with van der Waals surface area (Å²) in [4.78, 5) is 0. The van der Waals surface area contributed by atoms with Crippen LogP contribution in [0.25, 0.3) is 0 Å². The first kappa shape index (κ1) is 11.6. The summed E-state index contributed by atoms with van der Waals surface area (Å²) < 4.78 is 0. The molecular weight excluding hydrogens is 134 g/mol. The first-order valence-electron chi connectivity index (χ1n) is 2.76. The Labute approximate surface area is 63.4 Å². The van der Waals surface area contributed by atoms with Crippen molar-refractivity contribution in [1.82, 2.24) is 0 Å². The van der Waals surface area contributed by atoms with Gasteiger partial charge in [-0.15, -0.1) is 24.8 Å². The van der Waals surface area contributed by atoms with Crippen molar-refractivity contribution >= 4 is 12.4 Å². The SMILES string of the molecule is C#CCC(C)(C)CN.Cl. The van der Waals surface area contributed by atoms with Gasteiger partial charge in [0.25, 0.3) is 0 Å². The zero-order valence-corrected chi connectivity index (χ0v) is 6.79. The Morgan fingerprint density at radius 1 is 1.56 bits per heavy atom. The van der Waals surface area contributed by atoms with Gasteiger partial charge in [-0.25, -0.2) is 0 Å². The van der Waals surface area contributed by atoms with Crippen LogP contribution in [0.4, 0.5) is 0 Å². The fourth-order valence-corrected chi connectivity index (χ4v) is 0.348. The molecule has 0 aliphatic carbocycles. The monoisotopic (exact) mass is 147 g/mol. The predicted octanol–water partition coefficient (Wildman–Crippen LogP) is 1.42. The van der Waals surface area contributed by atoms with Gasteiger partial charge in [0.15, 0.2) is 0 Å². The van der Waals surface area contributed by atoms with Gasteiger partial charge in [0.05, 0.1) is 0 Å². The lowest BCUT2D eigenvalue weighted by molar-refractivity contribution is 0.391. The summed E-state index contributed by atoms with van der Waals surface area (Å²) in [6.45, 7) is 4.79. The van der Waals surface area contributed by atoms with Gasteiger partial charge in [0.2, 0.25) is 0 Å². The lowest BCUT2D eigenvalue weighted by Crippen LogP contribution is -2.22. The second-order valence-corrected chi connectivity index (χ2v) is 2.75. The maximum absolute atomic E-state index is 5.40. The standard InChI is InChI=1S/C7H13N.ClH/c1-4-5-7(2,3)6-8;/h1H,5-6,8H2,2-3H3;1H. The third-order valence-corrected chi connectivity index (χ3v) is 1.13. The highest BCUT2D eigenvalue weighted by molar-refractivity contribution is 5.85. The van der Waals surface area contributed by atoms with Crippen LogP contribution in [-0.4, -0.2) is 6.54 Å². The fraction of sp³-hybridized carbons (Fsp3) is 0.714. The molecule has 0 atom stereocenters. The Balaban J connectivity index is 0. The Morgan fingerprint density at radius 2 is 2.00 bits per heavy atom. The molecule has 2 heteroatoms. The van der Waals surface area contributed by atoms with E-state index in [1.807, 2.05) is 0 Å². The van der Waals surface area contributed by atoms with Crippen molar-refractivity contribution in [2.75, 3.05) is 6.54 Å². The molecular formula is C7H14ClN. The van der Waals surface area contributed by atoms with E-state index in [0.717, 1.165) is 6.42 Å². The van der Waals surface area contributed by atoms with Crippen LogP contribution in [0, 0.1) is 17.8 Å². The first-order chi connectivity index (χ1) is 3.62. The van der Waals surface area contributed by atoms with Gasteiger partial charge < -0.3 is 5.73 Å². The lowest BCUT2D eigenvalue weighted by atomic mass is 9.90. The number of hydrogen-bond acceptors (Lipinski definition) is 1. The van der Waals surface area contributed by atoms with Crippen LogP contribution < -0.4 is 5.73 Å². The van der Waals surface area contributed by atoms with E-state index in [-0.39, 0.29) is 17.8 Å². The topological polar surface area (TPSA) is 26.0 Å². The van der Waals surface area contributed by atoms with Crippen LogP contribution in [0.1, 0.15) is 20.3 Å². The Hall–Kier alpha value is -0.190. The molecule has 9 heavy (non-hydrogen) atoms. The van der Waals surface area contributed by atoms with E-state index in [9.17, 15) is 0 Å². The second kappa shape index (κ2) is 4.67. The molecule has 0 rings (SSSR count). The minimum atomic E-state index is 0. The van der Waals surface area contributed by atoms with E-state index in [4.69, 9.17) is 12.2 Å². The Bertz CT molecular complexity index is 102. The highest BCUT2D eigenvalue weighted by Gasteiger charge is 2.12. The lowest BCUT2D eigenvalue weighted by Gasteiger charge is -2.17. The number of halogens is 1. The summed E-state index contributed by atoms with van der Waals surface area (Å²) in [6.07, 6.45) is 5.85. The van der Waals surface area contributed by atoms with Gasteiger partial charge in [-0.3, -0.25) is 0 Å². The molecule has 2 N–H and O–H groups in total. The maximum Gasteiger partial charge on any atom is 0.0149 e. The molecule has 0 saturated carbocycles. The molecule has 0 fully saturated rings. The average molecular weight is 148 g/mol. The third kappa shape index (κ3) is 5.68. The highest BCUT2D eigenvalue weighted by atomic mass is 35.5.